The van der Waals surface area contributed by atoms with Crippen LogP contribution in [0.1, 0.15) is 37.8 Å². The topological polar surface area (TPSA) is 26.3 Å². The van der Waals surface area contributed by atoms with Crippen LogP contribution in [-0.4, -0.2) is 12.6 Å². The van der Waals surface area contributed by atoms with Gasteiger partial charge in [0.05, 0.1) is 6.61 Å². The Kier molecular flexibility index (Phi) is 6.67. The minimum atomic E-state index is -0.257. The molecule has 112 valence electrons. The largest absolute Gasteiger partial charge is 0.465 e. The zero-order chi connectivity index (χ0) is 15.8. The van der Waals surface area contributed by atoms with Crippen LogP contribution < -0.4 is 0 Å². The molecule has 1 aromatic carbocycles. The van der Waals surface area contributed by atoms with Crippen LogP contribution in [0.5, 0.6) is 0 Å². The number of carbonyl (C=O) groups excluding carboxylic acids is 1. The highest BCUT2D eigenvalue weighted by atomic mass is 16.5. The highest BCUT2D eigenvalue weighted by molar-refractivity contribution is 5.74. The highest BCUT2D eigenvalue weighted by Gasteiger charge is 2.21. The van der Waals surface area contributed by atoms with E-state index in [1.165, 1.54) is 6.92 Å². The first-order valence-corrected chi connectivity index (χ1v) is 7.18. The summed E-state index contributed by atoms with van der Waals surface area (Å²) in [6.07, 6.45) is 5.90. The van der Waals surface area contributed by atoms with E-state index in [4.69, 9.17) is 4.74 Å². The molecule has 0 aliphatic heterocycles. The molecule has 0 amide bonds. The van der Waals surface area contributed by atoms with Crippen molar-refractivity contribution in [2.24, 2.45) is 5.92 Å². The number of allylic oxidation sites excluding steroid dienone is 4. The van der Waals surface area contributed by atoms with Crippen molar-refractivity contribution >= 4 is 11.5 Å². The molecule has 0 aliphatic carbocycles. The SMILES string of the molecule is C=CC(=C)c1ccccc1C(COC(C)=O)C(C)/C=C\C. The normalized spacial score (nSPS) is 13.7. The Labute approximate surface area is 127 Å². The van der Waals surface area contributed by atoms with Gasteiger partial charge in [0.1, 0.15) is 0 Å². The van der Waals surface area contributed by atoms with Gasteiger partial charge < -0.3 is 4.74 Å². The van der Waals surface area contributed by atoms with Crippen molar-refractivity contribution in [1.29, 1.82) is 0 Å². The minimum absolute atomic E-state index is 0.0954. The second-order valence-corrected chi connectivity index (χ2v) is 5.11. The molecule has 0 radical (unpaired) electrons. The quantitative estimate of drug-likeness (QED) is 0.410. The molecule has 0 aliphatic rings. The van der Waals surface area contributed by atoms with Crippen molar-refractivity contribution < 1.29 is 9.53 Å². The summed E-state index contributed by atoms with van der Waals surface area (Å²) in [6.45, 7) is 13.8. The number of hydrogen-bond acceptors (Lipinski definition) is 2. The summed E-state index contributed by atoms with van der Waals surface area (Å²) in [5, 5.41) is 0. The zero-order valence-corrected chi connectivity index (χ0v) is 13.1. The first-order valence-electron chi connectivity index (χ1n) is 7.18. The maximum Gasteiger partial charge on any atom is 0.302 e. The Morgan fingerprint density at radius 1 is 1.38 bits per heavy atom. The Hall–Kier alpha value is -2.09. The van der Waals surface area contributed by atoms with Gasteiger partial charge in [-0.15, -0.1) is 0 Å². The van der Waals surface area contributed by atoms with Crippen LogP contribution in [-0.2, 0) is 9.53 Å². The maximum atomic E-state index is 11.2. The summed E-state index contributed by atoms with van der Waals surface area (Å²) < 4.78 is 5.27. The van der Waals surface area contributed by atoms with E-state index in [0.29, 0.717) is 6.61 Å². The van der Waals surface area contributed by atoms with E-state index in [1.54, 1.807) is 6.08 Å². The first kappa shape index (κ1) is 17.0. The first-order chi connectivity index (χ1) is 10.0. The van der Waals surface area contributed by atoms with E-state index in [9.17, 15) is 4.79 Å². The predicted octanol–water partition coefficient (Wildman–Crippen LogP) is 4.74. The zero-order valence-electron chi connectivity index (χ0n) is 13.1. The summed E-state index contributed by atoms with van der Waals surface area (Å²) in [5.41, 5.74) is 3.07. The molecule has 0 N–H and O–H groups in total. The smallest absolute Gasteiger partial charge is 0.302 e. The lowest BCUT2D eigenvalue weighted by Crippen LogP contribution is -2.18. The van der Waals surface area contributed by atoms with Crippen LogP contribution >= 0.6 is 0 Å². The standard InChI is InChI=1S/C19H24O2/c1-6-10-15(4)19(13-21-16(5)20)18-12-9-8-11-17(18)14(3)7-2/h6-12,15,19H,2-3,13H2,1,4-5H3/b10-6-. The van der Waals surface area contributed by atoms with Crippen molar-refractivity contribution in [2.45, 2.75) is 26.7 Å². The molecule has 2 nitrogen and oxygen atoms in total. The van der Waals surface area contributed by atoms with Crippen molar-refractivity contribution in [1.82, 2.24) is 0 Å². The Morgan fingerprint density at radius 2 is 2.05 bits per heavy atom. The van der Waals surface area contributed by atoms with Crippen LogP contribution in [0.15, 0.2) is 55.7 Å². The fraction of sp³-hybridized carbons (Fsp3) is 0.316. The third kappa shape index (κ3) is 4.75. The van der Waals surface area contributed by atoms with Gasteiger partial charge in [0.2, 0.25) is 0 Å². The van der Waals surface area contributed by atoms with Gasteiger partial charge in [0.25, 0.3) is 0 Å². The van der Waals surface area contributed by atoms with Gasteiger partial charge in [0, 0.05) is 12.8 Å². The summed E-state index contributed by atoms with van der Waals surface area (Å²) in [6, 6.07) is 8.08. The monoisotopic (exact) mass is 284 g/mol. The van der Waals surface area contributed by atoms with E-state index in [-0.39, 0.29) is 17.8 Å². The van der Waals surface area contributed by atoms with Gasteiger partial charge in [-0.2, -0.15) is 0 Å². The molecular weight excluding hydrogens is 260 g/mol. The molecule has 2 atom stereocenters. The average Bonchev–Trinajstić information content (AvgIpc) is 2.47. The van der Waals surface area contributed by atoms with Crippen molar-refractivity contribution in [3.8, 4) is 0 Å². The Balaban J connectivity index is 3.21. The molecule has 21 heavy (non-hydrogen) atoms. The van der Waals surface area contributed by atoms with E-state index in [1.807, 2.05) is 31.2 Å². The summed E-state index contributed by atoms with van der Waals surface area (Å²) in [4.78, 5) is 11.2. The maximum absolute atomic E-state index is 11.2. The molecule has 2 heteroatoms. The van der Waals surface area contributed by atoms with Crippen LogP contribution in [0.3, 0.4) is 0 Å². The Morgan fingerprint density at radius 3 is 2.62 bits per heavy atom. The predicted molar refractivity (Wildman–Crippen MR) is 89.0 cm³/mol. The highest BCUT2D eigenvalue weighted by Crippen LogP contribution is 2.32. The van der Waals surface area contributed by atoms with Crippen LogP contribution in [0.2, 0.25) is 0 Å². The molecule has 0 aromatic heterocycles. The molecule has 0 saturated heterocycles. The van der Waals surface area contributed by atoms with E-state index in [0.717, 1.165) is 16.7 Å². The number of rotatable bonds is 7. The lowest BCUT2D eigenvalue weighted by molar-refractivity contribution is -0.141. The molecule has 0 saturated carbocycles. The van der Waals surface area contributed by atoms with Gasteiger partial charge in [-0.05, 0) is 29.5 Å². The third-order valence-corrected chi connectivity index (χ3v) is 3.55. The number of carbonyl (C=O) groups is 1. The summed E-state index contributed by atoms with van der Waals surface area (Å²) >= 11 is 0. The lowest BCUT2D eigenvalue weighted by atomic mass is 9.83. The summed E-state index contributed by atoms with van der Waals surface area (Å²) in [7, 11) is 0. The lowest BCUT2D eigenvalue weighted by Gasteiger charge is -2.24. The number of ether oxygens (including phenoxy) is 1. The molecule has 0 spiro atoms. The molecule has 0 fully saturated rings. The molecule has 1 aromatic rings. The number of hydrogen-bond donors (Lipinski definition) is 0. The van der Waals surface area contributed by atoms with Crippen LogP contribution in [0, 0.1) is 5.92 Å². The second-order valence-electron chi connectivity index (χ2n) is 5.11. The second kappa shape index (κ2) is 8.25. The molecule has 1 rings (SSSR count). The van der Waals surface area contributed by atoms with Crippen molar-refractivity contribution in [2.75, 3.05) is 6.61 Å². The van der Waals surface area contributed by atoms with Gasteiger partial charge >= 0.3 is 5.97 Å². The van der Waals surface area contributed by atoms with Crippen molar-refractivity contribution in [3.05, 3.63) is 66.8 Å². The molecule has 0 heterocycles. The van der Waals surface area contributed by atoms with Crippen molar-refractivity contribution in [3.63, 3.8) is 0 Å². The number of benzene rings is 1. The summed E-state index contributed by atoms with van der Waals surface area (Å²) in [5.74, 6) is 0.0961. The van der Waals surface area contributed by atoms with Gasteiger partial charge in [-0.1, -0.05) is 62.6 Å². The fourth-order valence-corrected chi connectivity index (χ4v) is 2.39. The van der Waals surface area contributed by atoms with Gasteiger partial charge in [0.15, 0.2) is 0 Å². The minimum Gasteiger partial charge on any atom is -0.465 e. The van der Waals surface area contributed by atoms with Crippen LogP contribution in [0.4, 0.5) is 0 Å². The Bertz CT molecular complexity index is 540. The van der Waals surface area contributed by atoms with E-state index < -0.39 is 0 Å². The third-order valence-electron chi connectivity index (χ3n) is 3.55. The molecule has 0 bridgehead atoms. The fourth-order valence-electron chi connectivity index (χ4n) is 2.39. The van der Waals surface area contributed by atoms with Crippen LogP contribution in [0.25, 0.3) is 5.57 Å². The molecular formula is C19H24O2. The average molecular weight is 284 g/mol. The number of esters is 1. The van der Waals surface area contributed by atoms with Gasteiger partial charge in [-0.25, -0.2) is 0 Å². The van der Waals surface area contributed by atoms with E-state index in [2.05, 4.69) is 32.2 Å². The van der Waals surface area contributed by atoms with Gasteiger partial charge in [-0.3, -0.25) is 4.79 Å². The molecule has 2 unspecified atom stereocenters. The van der Waals surface area contributed by atoms with E-state index >= 15 is 0 Å².